The molecule has 98 valence electrons. The van der Waals surface area contributed by atoms with E-state index < -0.39 is 11.8 Å². The van der Waals surface area contributed by atoms with E-state index in [4.69, 9.17) is 0 Å². The van der Waals surface area contributed by atoms with Gasteiger partial charge < -0.3 is 15.5 Å². The summed E-state index contributed by atoms with van der Waals surface area (Å²) in [5.74, 6) is -0.889. The van der Waals surface area contributed by atoms with Gasteiger partial charge >= 0.3 is 11.8 Å². The molecule has 0 spiro atoms. The molecule has 5 nitrogen and oxygen atoms in total. The van der Waals surface area contributed by atoms with E-state index in [9.17, 15) is 9.59 Å². The Labute approximate surface area is 103 Å². The van der Waals surface area contributed by atoms with E-state index in [0.29, 0.717) is 19.6 Å². The summed E-state index contributed by atoms with van der Waals surface area (Å²) in [6, 6.07) is 0. The highest BCUT2D eigenvalue weighted by Gasteiger charge is 2.23. The van der Waals surface area contributed by atoms with Gasteiger partial charge in [0.1, 0.15) is 0 Å². The van der Waals surface area contributed by atoms with Gasteiger partial charge in [0.2, 0.25) is 0 Å². The van der Waals surface area contributed by atoms with Crippen molar-refractivity contribution in [2.75, 3.05) is 32.7 Å². The number of rotatable bonds is 1. The van der Waals surface area contributed by atoms with Crippen molar-refractivity contribution in [2.24, 2.45) is 5.41 Å². The molecule has 0 bridgehead atoms. The molecule has 0 unspecified atom stereocenters. The highest BCUT2D eigenvalue weighted by molar-refractivity contribution is 6.35. The normalized spacial score (nSPS) is 17.5. The molecule has 0 aromatic heterocycles. The Morgan fingerprint density at radius 3 is 2.59 bits per heavy atom. The first kappa shape index (κ1) is 14.0. The van der Waals surface area contributed by atoms with E-state index in [-0.39, 0.29) is 5.41 Å². The van der Waals surface area contributed by atoms with Crippen LogP contribution in [0.5, 0.6) is 0 Å². The summed E-state index contributed by atoms with van der Waals surface area (Å²) in [7, 11) is 0. The summed E-state index contributed by atoms with van der Waals surface area (Å²) < 4.78 is 0. The summed E-state index contributed by atoms with van der Waals surface area (Å²) >= 11 is 0. The first-order valence-electron chi connectivity index (χ1n) is 6.18. The number of nitrogens with zero attached hydrogens (tertiary/aromatic N) is 1. The van der Waals surface area contributed by atoms with Crippen molar-refractivity contribution in [1.29, 1.82) is 0 Å². The Balaban J connectivity index is 2.42. The number of hydrogen-bond acceptors (Lipinski definition) is 3. The summed E-state index contributed by atoms with van der Waals surface area (Å²) in [5, 5.41) is 5.89. The molecule has 1 heterocycles. The van der Waals surface area contributed by atoms with Crippen LogP contribution in [0.15, 0.2) is 0 Å². The molecule has 1 saturated heterocycles. The predicted octanol–water partition coefficient (Wildman–Crippen LogP) is -0.0294. The first-order chi connectivity index (χ1) is 7.90. The van der Waals surface area contributed by atoms with E-state index in [1.165, 1.54) is 0 Å². The standard InChI is InChI=1S/C12H23N3O2/c1-12(2,3)9-14-10(16)11(17)15-7-4-5-13-6-8-15/h13H,4-9H2,1-3H3,(H,14,16). The van der Waals surface area contributed by atoms with Crippen molar-refractivity contribution in [3.8, 4) is 0 Å². The van der Waals surface area contributed by atoms with Crippen molar-refractivity contribution in [3.05, 3.63) is 0 Å². The van der Waals surface area contributed by atoms with Gasteiger partial charge in [0, 0.05) is 26.2 Å². The lowest BCUT2D eigenvalue weighted by molar-refractivity contribution is -0.145. The molecule has 17 heavy (non-hydrogen) atoms. The summed E-state index contributed by atoms with van der Waals surface area (Å²) in [4.78, 5) is 25.2. The van der Waals surface area contributed by atoms with Gasteiger partial charge in [-0.15, -0.1) is 0 Å². The molecule has 1 rings (SSSR count). The molecule has 0 aromatic carbocycles. The minimum atomic E-state index is -0.484. The maximum Gasteiger partial charge on any atom is 0.311 e. The fourth-order valence-corrected chi connectivity index (χ4v) is 1.61. The molecule has 0 atom stereocenters. The van der Waals surface area contributed by atoms with Crippen LogP contribution < -0.4 is 10.6 Å². The molecule has 2 N–H and O–H groups in total. The molecule has 1 aliphatic heterocycles. The third-order valence-electron chi connectivity index (χ3n) is 2.60. The Morgan fingerprint density at radius 1 is 1.24 bits per heavy atom. The number of carbonyl (C=O) groups excluding carboxylic acids is 2. The van der Waals surface area contributed by atoms with Crippen LogP contribution in [0.25, 0.3) is 0 Å². The lowest BCUT2D eigenvalue weighted by Crippen LogP contribution is -2.46. The molecule has 0 aromatic rings. The van der Waals surface area contributed by atoms with Gasteiger partial charge in [-0.25, -0.2) is 0 Å². The lowest BCUT2D eigenvalue weighted by Gasteiger charge is -2.22. The molecule has 0 saturated carbocycles. The zero-order valence-corrected chi connectivity index (χ0v) is 11.0. The van der Waals surface area contributed by atoms with Crippen LogP contribution in [0.3, 0.4) is 0 Å². The van der Waals surface area contributed by atoms with Crippen molar-refractivity contribution < 1.29 is 9.59 Å². The molecular formula is C12H23N3O2. The number of amides is 2. The fraction of sp³-hybridized carbons (Fsp3) is 0.833. The summed E-state index contributed by atoms with van der Waals surface area (Å²) in [6.45, 7) is 9.53. The molecule has 5 heteroatoms. The lowest BCUT2D eigenvalue weighted by atomic mass is 9.97. The molecule has 2 amide bonds. The van der Waals surface area contributed by atoms with Crippen LogP contribution in [0.4, 0.5) is 0 Å². The maximum atomic E-state index is 11.9. The van der Waals surface area contributed by atoms with Gasteiger partial charge in [0.25, 0.3) is 0 Å². The van der Waals surface area contributed by atoms with Crippen molar-refractivity contribution in [3.63, 3.8) is 0 Å². The Morgan fingerprint density at radius 2 is 1.94 bits per heavy atom. The van der Waals surface area contributed by atoms with Crippen molar-refractivity contribution in [2.45, 2.75) is 27.2 Å². The average molecular weight is 241 g/mol. The van der Waals surface area contributed by atoms with Crippen molar-refractivity contribution >= 4 is 11.8 Å². The van der Waals surface area contributed by atoms with Crippen LogP contribution in [0.1, 0.15) is 27.2 Å². The van der Waals surface area contributed by atoms with E-state index in [2.05, 4.69) is 10.6 Å². The third-order valence-corrected chi connectivity index (χ3v) is 2.60. The largest absolute Gasteiger partial charge is 0.347 e. The fourth-order valence-electron chi connectivity index (χ4n) is 1.61. The van der Waals surface area contributed by atoms with Gasteiger partial charge in [-0.1, -0.05) is 20.8 Å². The zero-order valence-electron chi connectivity index (χ0n) is 11.0. The average Bonchev–Trinajstić information content (AvgIpc) is 2.52. The van der Waals surface area contributed by atoms with Crippen LogP contribution >= 0.6 is 0 Å². The van der Waals surface area contributed by atoms with Gasteiger partial charge in [-0.2, -0.15) is 0 Å². The molecule has 1 aliphatic rings. The van der Waals surface area contributed by atoms with E-state index in [1.807, 2.05) is 20.8 Å². The highest BCUT2D eigenvalue weighted by atomic mass is 16.2. The number of hydrogen-bond donors (Lipinski definition) is 2. The quantitative estimate of drug-likeness (QED) is 0.634. The second-order valence-corrected chi connectivity index (χ2v) is 5.64. The maximum absolute atomic E-state index is 11.9. The smallest absolute Gasteiger partial charge is 0.311 e. The van der Waals surface area contributed by atoms with Crippen LogP contribution in [-0.2, 0) is 9.59 Å². The van der Waals surface area contributed by atoms with Crippen LogP contribution in [0.2, 0.25) is 0 Å². The number of nitrogens with one attached hydrogen (secondary N) is 2. The second kappa shape index (κ2) is 6.00. The zero-order chi connectivity index (χ0) is 12.9. The minimum Gasteiger partial charge on any atom is -0.347 e. The van der Waals surface area contributed by atoms with Gasteiger partial charge in [-0.05, 0) is 18.4 Å². The molecule has 1 fully saturated rings. The SMILES string of the molecule is CC(C)(C)CNC(=O)C(=O)N1CCCNCC1. The third kappa shape index (κ3) is 5.17. The Hall–Kier alpha value is -1.10. The van der Waals surface area contributed by atoms with Gasteiger partial charge in [0.15, 0.2) is 0 Å². The summed E-state index contributed by atoms with van der Waals surface area (Å²) in [5.41, 5.74) is -0.00369. The Kier molecular flexibility index (Phi) is 4.93. The van der Waals surface area contributed by atoms with Crippen LogP contribution in [-0.4, -0.2) is 49.4 Å². The van der Waals surface area contributed by atoms with Crippen molar-refractivity contribution in [1.82, 2.24) is 15.5 Å². The highest BCUT2D eigenvalue weighted by Crippen LogP contribution is 2.10. The van der Waals surface area contributed by atoms with E-state index >= 15 is 0 Å². The van der Waals surface area contributed by atoms with Gasteiger partial charge in [-0.3, -0.25) is 9.59 Å². The Bertz CT molecular complexity index is 276. The summed E-state index contributed by atoms with van der Waals surface area (Å²) in [6.07, 6.45) is 0.901. The molecular weight excluding hydrogens is 218 g/mol. The first-order valence-corrected chi connectivity index (χ1v) is 6.18. The molecule has 0 radical (unpaired) electrons. The number of carbonyl (C=O) groups is 2. The van der Waals surface area contributed by atoms with E-state index in [0.717, 1.165) is 19.5 Å². The van der Waals surface area contributed by atoms with Gasteiger partial charge in [0.05, 0.1) is 0 Å². The molecule has 0 aliphatic carbocycles. The second-order valence-electron chi connectivity index (χ2n) is 5.64. The van der Waals surface area contributed by atoms with E-state index in [1.54, 1.807) is 4.90 Å². The topological polar surface area (TPSA) is 61.4 Å². The predicted molar refractivity (Wildman–Crippen MR) is 66.5 cm³/mol. The monoisotopic (exact) mass is 241 g/mol. The van der Waals surface area contributed by atoms with Crippen LogP contribution in [0, 0.1) is 5.41 Å². The minimum absolute atomic E-state index is 0.00369.